The Labute approximate surface area is 402 Å². The van der Waals surface area contributed by atoms with Gasteiger partial charge >= 0.3 is 0 Å². The molecule has 19 nitrogen and oxygen atoms in total. The zero-order valence-corrected chi connectivity index (χ0v) is 40.3. The van der Waals surface area contributed by atoms with Crippen molar-refractivity contribution in [1.82, 2.24) is 5.32 Å². The Morgan fingerprint density at radius 1 is 0.515 bits per heavy atom. The summed E-state index contributed by atoms with van der Waals surface area (Å²) < 4.78 is 34.0. The lowest BCUT2D eigenvalue weighted by Crippen LogP contribution is -2.66. The third kappa shape index (κ3) is 20.3. The van der Waals surface area contributed by atoms with Crippen LogP contribution >= 0.6 is 0 Å². The van der Waals surface area contributed by atoms with Gasteiger partial charge < -0.3 is 89.9 Å². The fourth-order valence-electron chi connectivity index (χ4n) is 8.40. The average molecular weight is 978 g/mol. The normalized spacial score (nSPS) is 33.5. The number of ether oxygens (including phenoxy) is 6. The molecule has 3 aliphatic heterocycles. The monoisotopic (exact) mass is 978 g/mol. The molecule has 0 aromatic carbocycles. The number of nitrogens with one attached hydrogen (secondary N) is 1. The molecule has 3 fully saturated rings. The van der Waals surface area contributed by atoms with Crippen LogP contribution in [0.3, 0.4) is 0 Å². The first-order valence-electron chi connectivity index (χ1n) is 25.2. The van der Waals surface area contributed by atoms with Crippen LogP contribution in [0.4, 0.5) is 0 Å². The minimum absolute atomic E-state index is 0.232. The van der Waals surface area contributed by atoms with Gasteiger partial charge in [-0.2, -0.15) is 0 Å². The lowest BCUT2D eigenvalue weighted by Gasteiger charge is -2.48. The SMILES string of the molecule is CCCCCC/C=C/CC/C=C/CC/C=C/C(O)C(COC1OC(CO)C(OC2OC(CO)C(OC3OC(CO)C(O)C(O)C3O)C(O)C2O)C(O)C1O)NC(=O)CCCCCCCCCCC. The van der Waals surface area contributed by atoms with E-state index in [2.05, 4.69) is 43.5 Å². The maximum Gasteiger partial charge on any atom is 0.220 e. The molecule has 0 spiro atoms. The van der Waals surface area contributed by atoms with E-state index in [0.29, 0.717) is 12.8 Å². The molecule has 1 amide bonds. The second-order valence-electron chi connectivity index (χ2n) is 18.3. The predicted octanol–water partition coefficient (Wildman–Crippen LogP) is 1.42. The lowest BCUT2D eigenvalue weighted by atomic mass is 9.96. The molecule has 3 aliphatic rings. The standard InChI is InChI=1S/C49H87NO18/c1-3-5-7-9-11-13-14-15-16-17-19-20-22-24-26-33(54)32(50-37(55)27-25-23-21-18-12-10-8-6-4-2)31-63-47-43(61)40(58)45(35(29-52)65-47)68-49-44(62)41(59)46(36(30-53)66-49)67-48-42(60)39(57)38(56)34(28-51)64-48/h13-14,17,19,24,26,32-36,38-49,51-54,56-62H,3-12,15-16,18,20-23,25,27-31H2,1-2H3,(H,50,55)/b14-13+,19-17+,26-24+. The highest BCUT2D eigenvalue weighted by Gasteiger charge is 2.53. The van der Waals surface area contributed by atoms with Gasteiger partial charge in [-0.1, -0.05) is 121 Å². The van der Waals surface area contributed by atoms with Gasteiger partial charge in [0.2, 0.25) is 5.91 Å². The summed E-state index contributed by atoms with van der Waals surface area (Å²) in [6, 6.07) is -0.989. The summed E-state index contributed by atoms with van der Waals surface area (Å²) in [5.41, 5.74) is 0. The lowest BCUT2D eigenvalue weighted by molar-refractivity contribution is -0.379. The van der Waals surface area contributed by atoms with E-state index in [1.54, 1.807) is 6.08 Å². The molecule has 17 atom stereocenters. The van der Waals surface area contributed by atoms with Gasteiger partial charge in [0.05, 0.1) is 38.6 Å². The van der Waals surface area contributed by atoms with Crippen molar-refractivity contribution >= 4 is 5.91 Å². The van der Waals surface area contributed by atoms with Gasteiger partial charge in [-0.3, -0.25) is 4.79 Å². The molecule has 0 aliphatic carbocycles. The molecule has 3 heterocycles. The van der Waals surface area contributed by atoms with Gasteiger partial charge in [-0.05, 0) is 44.9 Å². The zero-order valence-electron chi connectivity index (χ0n) is 40.3. The van der Waals surface area contributed by atoms with Crippen LogP contribution in [0.5, 0.6) is 0 Å². The Bertz CT molecular complexity index is 1400. The number of unbranched alkanes of at least 4 members (excludes halogenated alkanes) is 14. The van der Waals surface area contributed by atoms with E-state index in [1.165, 1.54) is 57.8 Å². The number of hydrogen-bond donors (Lipinski definition) is 12. The van der Waals surface area contributed by atoms with Crippen LogP contribution in [-0.4, -0.2) is 193 Å². The number of carbonyl (C=O) groups is 1. The molecule has 0 bridgehead atoms. The Balaban J connectivity index is 1.59. The summed E-state index contributed by atoms with van der Waals surface area (Å²) >= 11 is 0. The maximum atomic E-state index is 13.1. The molecular weight excluding hydrogens is 891 g/mol. The Morgan fingerprint density at radius 3 is 1.47 bits per heavy atom. The maximum absolute atomic E-state index is 13.1. The second kappa shape index (κ2) is 34.4. The van der Waals surface area contributed by atoms with E-state index < -0.39 is 124 Å². The van der Waals surface area contributed by atoms with Crippen LogP contribution in [0.15, 0.2) is 36.5 Å². The highest BCUT2D eigenvalue weighted by molar-refractivity contribution is 5.76. The summed E-state index contributed by atoms with van der Waals surface area (Å²) in [6.45, 7) is 1.59. The molecule has 3 rings (SSSR count). The Hall–Kier alpha value is -1.99. The zero-order chi connectivity index (χ0) is 49.8. The van der Waals surface area contributed by atoms with Crippen molar-refractivity contribution in [2.45, 2.75) is 240 Å². The summed E-state index contributed by atoms with van der Waals surface area (Å²) in [5, 5.41) is 119. The van der Waals surface area contributed by atoms with E-state index in [1.807, 2.05) is 6.08 Å². The molecule has 3 saturated heterocycles. The van der Waals surface area contributed by atoms with Crippen molar-refractivity contribution in [3.63, 3.8) is 0 Å². The molecule has 68 heavy (non-hydrogen) atoms. The largest absolute Gasteiger partial charge is 0.394 e. The summed E-state index contributed by atoms with van der Waals surface area (Å²) in [7, 11) is 0. The number of hydrogen-bond acceptors (Lipinski definition) is 18. The molecule has 0 saturated carbocycles. The fraction of sp³-hybridized carbons (Fsp3) is 0.857. The van der Waals surface area contributed by atoms with Crippen molar-refractivity contribution < 1.29 is 89.4 Å². The third-order valence-corrected chi connectivity index (χ3v) is 12.7. The first-order chi connectivity index (χ1) is 32.8. The van der Waals surface area contributed by atoms with Crippen molar-refractivity contribution in [3.8, 4) is 0 Å². The molecule has 0 radical (unpaired) electrons. The number of rotatable bonds is 34. The van der Waals surface area contributed by atoms with Gasteiger partial charge in [0.1, 0.15) is 73.2 Å². The molecular formula is C49H87NO18. The van der Waals surface area contributed by atoms with Crippen molar-refractivity contribution in [2.24, 2.45) is 0 Å². The molecule has 0 aromatic rings. The van der Waals surface area contributed by atoms with Crippen LogP contribution in [-0.2, 0) is 33.2 Å². The number of aliphatic hydroxyl groups excluding tert-OH is 11. The van der Waals surface area contributed by atoms with E-state index >= 15 is 0 Å². The van der Waals surface area contributed by atoms with Crippen LogP contribution in [0.25, 0.3) is 0 Å². The fourth-order valence-corrected chi connectivity index (χ4v) is 8.40. The first-order valence-corrected chi connectivity index (χ1v) is 25.2. The molecule has 0 aromatic heterocycles. The number of carbonyl (C=O) groups excluding carboxylic acids is 1. The van der Waals surface area contributed by atoms with Crippen LogP contribution < -0.4 is 5.32 Å². The highest BCUT2D eigenvalue weighted by Crippen LogP contribution is 2.33. The van der Waals surface area contributed by atoms with Crippen LogP contribution in [0.1, 0.15) is 136 Å². The van der Waals surface area contributed by atoms with E-state index in [0.717, 1.165) is 44.9 Å². The van der Waals surface area contributed by atoms with E-state index in [-0.39, 0.29) is 18.9 Å². The van der Waals surface area contributed by atoms with Crippen LogP contribution in [0, 0.1) is 0 Å². The third-order valence-electron chi connectivity index (χ3n) is 12.7. The average Bonchev–Trinajstić information content (AvgIpc) is 3.33. The number of allylic oxidation sites excluding steroid dienone is 5. The molecule has 17 unspecified atom stereocenters. The highest BCUT2D eigenvalue weighted by atomic mass is 16.8. The van der Waals surface area contributed by atoms with Gasteiger partial charge in [0, 0.05) is 6.42 Å². The Kier molecular flexibility index (Phi) is 30.5. The van der Waals surface area contributed by atoms with Gasteiger partial charge in [-0.25, -0.2) is 0 Å². The molecule has 396 valence electrons. The molecule has 12 N–H and O–H groups in total. The summed E-state index contributed by atoms with van der Waals surface area (Å²) in [4.78, 5) is 13.1. The predicted molar refractivity (Wildman–Crippen MR) is 249 cm³/mol. The minimum atomic E-state index is -1.98. The summed E-state index contributed by atoms with van der Waals surface area (Å²) in [5.74, 6) is -0.297. The van der Waals surface area contributed by atoms with Crippen molar-refractivity contribution in [3.05, 3.63) is 36.5 Å². The number of aliphatic hydroxyl groups is 11. The minimum Gasteiger partial charge on any atom is -0.394 e. The first kappa shape index (κ1) is 60.3. The Morgan fingerprint density at radius 2 is 0.941 bits per heavy atom. The van der Waals surface area contributed by atoms with E-state index in [9.17, 15) is 61.0 Å². The van der Waals surface area contributed by atoms with Gasteiger partial charge in [0.25, 0.3) is 0 Å². The van der Waals surface area contributed by atoms with Gasteiger partial charge in [-0.15, -0.1) is 0 Å². The number of amides is 1. The smallest absolute Gasteiger partial charge is 0.220 e. The second-order valence-corrected chi connectivity index (χ2v) is 18.3. The topological polar surface area (TPSA) is 307 Å². The van der Waals surface area contributed by atoms with Crippen molar-refractivity contribution in [2.75, 3.05) is 26.4 Å². The quantitative estimate of drug-likeness (QED) is 0.0321. The molecule has 19 heteroatoms. The van der Waals surface area contributed by atoms with Crippen molar-refractivity contribution in [1.29, 1.82) is 0 Å². The van der Waals surface area contributed by atoms with E-state index in [4.69, 9.17) is 28.4 Å². The van der Waals surface area contributed by atoms with Gasteiger partial charge in [0.15, 0.2) is 18.9 Å². The summed E-state index contributed by atoms with van der Waals surface area (Å²) in [6.07, 6.45) is 4.54. The van der Waals surface area contributed by atoms with Crippen LogP contribution in [0.2, 0.25) is 0 Å².